The maximum atomic E-state index is 11.7. The standard InChI is InChI=1S/C12H11Cl2N3O2S/c1-6(18)15-12-16-17(7(2)19)11(20-12)9-4-3-8(13)5-10(9)14/h3-5,11H,1-2H3,(H,15,16,18). The van der Waals surface area contributed by atoms with Crippen molar-refractivity contribution in [2.75, 3.05) is 0 Å². The molecule has 0 bridgehead atoms. The Morgan fingerprint density at radius 2 is 2.05 bits per heavy atom. The molecule has 1 aromatic carbocycles. The van der Waals surface area contributed by atoms with E-state index >= 15 is 0 Å². The first-order chi connectivity index (χ1) is 9.38. The van der Waals surface area contributed by atoms with Gasteiger partial charge < -0.3 is 5.32 Å². The molecule has 2 amide bonds. The van der Waals surface area contributed by atoms with Gasteiger partial charge in [-0.3, -0.25) is 9.59 Å². The molecule has 0 spiro atoms. The zero-order valence-electron chi connectivity index (χ0n) is 10.7. The van der Waals surface area contributed by atoms with Crippen molar-refractivity contribution in [2.24, 2.45) is 5.10 Å². The average Bonchev–Trinajstić information content (AvgIpc) is 2.71. The third kappa shape index (κ3) is 3.26. The number of amidine groups is 1. The molecular formula is C12H11Cl2N3O2S. The van der Waals surface area contributed by atoms with E-state index in [4.69, 9.17) is 23.2 Å². The van der Waals surface area contributed by atoms with E-state index in [0.29, 0.717) is 20.8 Å². The maximum absolute atomic E-state index is 11.7. The number of hydrogen-bond donors (Lipinski definition) is 1. The summed E-state index contributed by atoms with van der Waals surface area (Å²) in [5, 5.41) is 8.84. The lowest BCUT2D eigenvalue weighted by molar-refractivity contribution is -0.129. The number of thioether (sulfide) groups is 1. The second-order valence-electron chi connectivity index (χ2n) is 4.09. The fourth-order valence-electron chi connectivity index (χ4n) is 1.67. The highest BCUT2D eigenvalue weighted by Crippen LogP contribution is 2.42. The monoisotopic (exact) mass is 331 g/mol. The Morgan fingerprint density at radius 3 is 2.60 bits per heavy atom. The molecule has 1 aliphatic rings. The van der Waals surface area contributed by atoms with Crippen LogP contribution in [0.25, 0.3) is 0 Å². The quantitative estimate of drug-likeness (QED) is 0.860. The fourth-order valence-corrected chi connectivity index (χ4v) is 3.42. The minimum atomic E-state index is -0.417. The van der Waals surface area contributed by atoms with Crippen LogP contribution in [0.5, 0.6) is 0 Å². The number of hydrogen-bond acceptors (Lipinski definition) is 4. The van der Waals surface area contributed by atoms with E-state index in [0.717, 1.165) is 0 Å². The second-order valence-corrected chi connectivity index (χ2v) is 6.00. The predicted octanol–water partition coefficient (Wildman–Crippen LogP) is 2.99. The van der Waals surface area contributed by atoms with E-state index in [9.17, 15) is 9.59 Å². The Kier molecular flexibility index (Phi) is 4.57. The molecule has 1 unspecified atom stereocenters. The van der Waals surface area contributed by atoms with Gasteiger partial charge in [0, 0.05) is 29.5 Å². The molecule has 1 aliphatic heterocycles. The van der Waals surface area contributed by atoms with Crippen molar-refractivity contribution in [2.45, 2.75) is 19.2 Å². The van der Waals surface area contributed by atoms with Crippen molar-refractivity contribution in [3.8, 4) is 0 Å². The van der Waals surface area contributed by atoms with E-state index in [1.165, 1.54) is 30.6 Å². The molecule has 1 atom stereocenters. The van der Waals surface area contributed by atoms with Gasteiger partial charge in [0.05, 0.1) is 0 Å². The molecule has 5 nitrogen and oxygen atoms in total. The van der Waals surface area contributed by atoms with Gasteiger partial charge in [0.1, 0.15) is 5.37 Å². The molecule has 0 aromatic heterocycles. The van der Waals surface area contributed by atoms with Gasteiger partial charge in [-0.25, -0.2) is 5.01 Å². The summed E-state index contributed by atoms with van der Waals surface area (Å²) in [5.41, 5.74) is 0.709. The molecule has 1 aromatic rings. The molecule has 8 heteroatoms. The lowest BCUT2D eigenvalue weighted by Gasteiger charge is -2.20. The summed E-state index contributed by atoms with van der Waals surface area (Å²) in [7, 11) is 0. The Balaban J connectivity index is 2.32. The lowest BCUT2D eigenvalue weighted by atomic mass is 10.2. The van der Waals surface area contributed by atoms with E-state index in [1.807, 2.05) is 0 Å². The SMILES string of the molecule is CC(=O)NC1=NN(C(C)=O)C(c2ccc(Cl)cc2Cl)S1. The van der Waals surface area contributed by atoms with Crippen LogP contribution in [0.15, 0.2) is 23.3 Å². The normalized spacial score (nSPS) is 17.9. The summed E-state index contributed by atoms with van der Waals surface area (Å²) in [5.74, 6) is -0.489. The minimum Gasteiger partial charge on any atom is -0.304 e. The predicted molar refractivity (Wildman–Crippen MR) is 80.6 cm³/mol. The fraction of sp³-hybridized carbons (Fsp3) is 0.250. The van der Waals surface area contributed by atoms with Crippen LogP contribution < -0.4 is 5.32 Å². The molecule has 1 N–H and O–H groups in total. The maximum Gasteiger partial charge on any atom is 0.241 e. The highest BCUT2D eigenvalue weighted by atomic mass is 35.5. The zero-order chi connectivity index (χ0) is 14.9. The van der Waals surface area contributed by atoms with Gasteiger partial charge in [0.25, 0.3) is 0 Å². The number of nitrogens with one attached hydrogen (secondary N) is 1. The number of carbonyl (C=O) groups is 2. The summed E-state index contributed by atoms with van der Waals surface area (Å²) in [6, 6.07) is 5.04. The van der Waals surface area contributed by atoms with Gasteiger partial charge in [-0.15, -0.1) is 5.10 Å². The summed E-state index contributed by atoms with van der Waals surface area (Å²) in [6.45, 7) is 2.78. The van der Waals surface area contributed by atoms with E-state index < -0.39 is 5.37 Å². The average molecular weight is 332 g/mol. The van der Waals surface area contributed by atoms with Crippen LogP contribution in [0.1, 0.15) is 24.8 Å². The molecule has 0 radical (unpaired) electrons. The van der Waals surface area contributed by atoms with Gasteiger partial charge in [0.2, 0.25) is 11.8 Å². The molecule has 20 heavy (non-hydrogen) atoms. The highest BCUT2D eigenvalue weighted by Gasteiger charge is 2.33. The smallest absolute Gasteiger partial charge is 0.241 e. The molecule has 0 aliphatic carbocycles. The number of amides is 2. The number of nitrogens with zero attached hydrogens (tertiary/aromatic N) is 2. The summed E-state index contributed by atoms with van der Waals surface area (Å²) >= 11 is 13.3. The van der Waals surface area contributed by atoms with Crippen LogP contribution in [0, 0.1) is 0 Å². The van der Waals surface area contributed by atoms with Crippen LogP contribution in [-0.2, 0) is 9.59 Å². The first-order valence-corrected chi connectivity index (χ1v) is 7.29. The Bertz CT molecular complexity index is 606. The van der Waals surface area contributed by atoms with E-state index in [1.54, 1.807) is 18.2 Å². The molecule has 2 rings (SSSR count). The van der Waals surface area contributed by atoms with Gasteiger partial charge >= 0.3 is 0 Å². The van der Waals surface area contributed by atoms with Gasteiger partial charge in [-0.05, 0) is 12.1 Å². The number of benzene rings is 1. The molecular weight excluding hydrogens is 321 g/mol. The third-order valence-electron chi connectivity index (χ3n) is 2.48. The topological polar surface area (TPSA) is 61.8 Å². The van der Waals surface area contributed by atoms with Crippen molar-refractivity contribution in [3.05, 3.63) is 33.8 Å². The number of rotatable bonds is 1. The zero-order valence-corrected chi connectivity index (χ0v) is 13.0. The first kappa shape index (κ1) is 15.2. The van der Waals surface area contributed by atoms with Crippen LogP contribution >= 0.6 is 35.0 Å². The second kappa shape index (κ2) is 6.03. The highest BCUT2D eigenvalue weighted by molar-refractivity contribution is 8.14. The van der Waals surface area contributed by atoms with Crippen molar-refractivity contribution in [1.82, 2.24) is 10.3 Å². The van der Waals surface area contributed by atoms with Crippen molar-refractivity contribution >= 4 is 51.9 Å². The first-order valence-electron chi connectivity index (χ1n) is 5.66. The minimum absolute atomic E-state index is 0.242. The van der Waals surface area contributed by atoms with Gasteiger partial charge in [-0.1, -0.05) is 41.0 Å². The Hall–Kier alpha value is -1.24. The van der Waals surface area contributed by atoms with Gasteiger partial charge in [-0.2, -0.15) is 0 Å². The summed E-state index contributed by atoms with van der Waals surface area (Å²) in [6.07, 6.45) is 0. The van der Waals surface area contributed by atoms with E-state index in [2.05, 4.69) is 10.4 Å². The largest absolute Gasteiger partial charge is 0.304 e. The number of carbonyl (C=O) groups excluding carboxylic acids is 2. The van der Waals surface area contributed by atoms with Crippen molar-refractivity contribution in [1.29, 1.82) is 0 Å². The van der Waals surface area contributed by atoms with E-state index in [-0.39, 0.29) is 11.8 Å². The van der Waals surface area contributed by atoms with Crippen molar-refractivity contribution in [3.63, 3.8) is 0 Å². The van der Waals surface area contributed by atoms with Crippen LogP contribution in [0.3, 0.4) is 0 Å². The molecule has 0 saturated carbocycles. The molecule has 0 saturated heterocycles. The number of hydrazone groups is 1. The lowest BCUT2D eigenvalue weighted by Crippen LogP contribution is -2.25. The van der Waals surface area contributed by atoms with Crippen LogP contribution in [0.4, 0.5) is 0 Å². The van der Waals surface area contributed by atoms with Crippen LogP contribution in [0.2, 0.25) is 10.0 Å². The summed E-state index contributed by atoms with van der Waals surface area (Å²) < 4.78 is 0. The van der Waals surface area contributed by atoms with Crippen molar-refractivity contribution < 1.29 is 9.59 Å². The third-order valence-corrected chi connectivity index (χ3v) is 4.12. The number of halogens is 2. The van der Waals surface area contributed by atoms with Gasteiger partial charge in [0.15, 0.2) is 5.17 Å². The van der Waals surface area contributed by atoms with Crippen LogP contribution in [-0.4, -0.2) is 22.0 Å². The Morgan fingerprint density at radius 1 is 1.35 bits per heavy atom. The summed E-state index contributed by atoms with van der Waals surface area (Å²) in [4.78, 5) is 22.7. The molecule has 0 fully saturated rings. The molecule has 106 valence electrons. The Labute approximate surface area is 130 Å². The molecule has 1 heterocycles.